The smallest absolute Gasteiger partial charge is 0.255 e. The van der Waals surface area contributed by atoms with Gasteiger partial charge in [-0.15, -0.1) is 0 Å². The summed E-state index contributed by atoms with van der Waals surface area (Å²) in [5.41, 5.74) is 6.82. The number of fused-ring (bicyclic) bond motifs is 1. The van der Waals surface area contributed by atoms with Crippen molar-refractivity contribution < 1.29 is 23.5 Å². The van der Waals surface area contributed by atoms with Gasteiger partial charge in [0.05, 0.1) is 0 Å². The number of nitrogens with two attached hydrogens (primary N) is 1. The first kappa shape index (κ1) is 17.0. The Hall–Kier alpha value is -2.48. The summed E-state index contributed by atoms with van der Waals surface area (Å²) in [5, 5.41) is 2.25. The number of benzene rings is 1. The highest BCUT2D eigenvalue weighted by atomic mass is 19.1. The number of nitrogens with one attached hydrogen (secondary N) is 1. The molecule has 26 heavy (non-hydrogen) atoms. The molecular formula is C18H20FN3O4. The Bertz CT molecular complexity index is 797. The van der Waals surface area contributed by atoms with E-state index in [1.54, 1.807) is 0 Å². The van der Waals surface area contributed by atoms with Gasteiger partial charge < -0.3 is 15.4 Å². The summed E-state index contributed by atoms with van der Waals surface area (Å²) in [5.74, 6) is -1.76. The van der Waals surface area contributed by atoms with Gasteiger partial charge in [-0.3, -0.25) is 19.7 Å². The molecule has 7 nitrogen and oxygen atoms in total. The third kappa shape index (κ3) is 2.84. The van der Waals surface area contributed by atoms with Crippen molar-refractivity contribution in [3.8, 4) is 5.75 Å². The molecule has 3 aliphatic rings. The maximum absolute atomic E-state index is 14.4. The van der Waals surface area contributed by atoms with Gasteiger partial charge in [-0.25, -0.2) is 4.39 Å². The van der Waals surface area contributed by atoms with E-state index in [1.165, 1.54) is 17.0 Å². The van der Waals surface area contributed by atoms with Crippen molar-refractivity contribution in [3.05, 3.63) is 29.1 Å². The molecule has 3 N–H and O–H groups in total. The SMILES string of the molecule is N[C@@H]1CCC[C@@H]1Oc1cc2c(cc1F)C(=O)N(C1CCC(=O)NC1=O)C2. The zero-order chi connectivity index (χ0) is 18.4. The summed E-state index contributed by atoms with van der Waals surface area (Å²) in [6, 6.07) is 1.85. The molecule has 2 heterocycles. The number of carbonyl (C=O) groups is 3. The van der Waals surface area contributed by atoms with Crippen molar-refractivity contribution in [3.63, 3.8) is 0 Å². The van der Waals surface area contributed by atoms with Gasteiger partial charge in [0, 0.05) is 24.6 Å². The van der Waals surface area contributed by atoms with Crippen molar-refractivity contribution in [1.82, 2.24) is 10.2 Å². The largest absolute Gasteiger partial charge is 0.486 e. The van der Waals surface area contributed by atoms with E-state index in [2.05, 4.69) is 5.32 Å². The normalized spacial score (nSPS) is 28.3. The lowest BCUT2D eigenvalue weighted by Gasteiger charge is -2.29. The molecular weight excluding hydrogens is 341 g/mol. The molecule has 0 spiro atoms. The molecule has 138 valence electrons. The van der Waals surface area contributed by atoms with Gasteiger partial charge in [0.15, 0.2) is 11.6 Å². The quantitative estimate of drug-likeness (QED) is 0.777. The van der Waals surface area contributed by atoms with E-state index in [1.807, 2.05) is 0 Å². The van der Waals surface area contributed by atoms with Crippen molar-refractivity contribution in [2.45, 2.75) is 56.8 Å². The van der Waals surface area contributed by atoms with Crippen LogP contribution in [0, 0.1) is 5.82 Å². The highest BCUT2D eigenvalue weighted by Gasteiger charge is 2.40. The summed E-state index contributed by atoms with van der Waals surface area (Å²) in [7, 11) is 0. The lowest BCUT2D eigenvalue weighted by molar-refractivity contribution is -0.136. The van der Waals surface area contributed by atoms with E-state index in [0.29, 0.717) is 5.56 Å². The number of hydrogen-bond donors (Lipinski definition) is 2. The molecule has 4 rings (SSSR count). The number of nitrogens with zero attached hydrogens (tertiary/aromatic N) is 1. The van der Waals surface area contributed by atoms with Crippen LogP contribution in [-0.4, -0.2) is 40.8 Å². The molecule has 2 aliphatic heterocycles. The summed E-state index contributed by atoms with van der Waals surface area (Å²) in [6.45, 7) is 0.188. The van der Waals surface area contributed by atoms with Crippen LogP contribution < -0.4 is 15.8 Å². The zero-order valence-corrected chi connectivity index (χ0v) is 14.2. The fraction of sp³-hybridized carbons (Fsp3) is 0.500. The first-order valence-corrected chi connectivity index (χ1v) is 8.83. The molecule has 3 amide bonds. The van der Waals surface area contributed by atoms with E-state index in [0.717, 1.165) is 19.3 Å². The lowest BCUT2D eigenvalue weighted by atomic mass is 10.0. The van der Waals surface area contributed by atoms with Gasteiger partial charge in [0.25, 0.3) is 5.91 Å². The maximum Gasteiger partial charge on any atom is 0.255 e. The number of amides is 3. The van der Waals surface area contributed by atoms with Crippen LogP contribution in [0.25, 0.3) is 0 Å². The first-order valence-electron chi connectivity index (χ1n) is 8.83. The Labute approximate surface area is 149 Å². The van der Waals surface area contributed by atoms with Crippen LogP contribution >= 0.6 is 0 Å². The van der Waals surface area contributed by atoms with E-state index in [4.69, 9.17) is 10.5 Å². The summed E-state index contributed by atoms with van der Waals surface area (Å²) in [6.07, 6.45) is 2.79. The van der Waals surface area contributed by atoms with Crippen LogP contribution in [0.5, 0.6) is 5.75 Å². The van der Waals surface area contributed by atoms with E-state index >= 15 is 0 Å². The van der Waals surface area contributed by atoms with Crippen LogP contribution in [-0.2, 0) is 16.1 Å². The molecule has 0 aromatic heterocycles. The number of rotatable bonds is 3. The van der Waals surface area contributed by atoms with Gasteiger partial charge in [-0.1, -0.05) is 0 Å². The van der Waals surface area contributed by atoms with E-state index < -0.39 is 23.7 Å². The molecule has 0 bridgehead atoms. The minimum absolute atomic E-state index is 0.0871. The monoisotopic (exact) mass is 361 g/mol. The average molecular weight is 361 g/mol. The fourth-order valence-corrected chi connectivity index (χ4v) is 3.92. The Kier molecular flexibility index (Phi) is 4.14. The van der Waals surface area contributed by atoms with Crippen molar-refractivity contribution in [1.29, 1.82) is 0 Å². The summed E-state index contributed by atoms with van der Waals surface area (Å²) in [4.78, 5) is 37.4. The highest BCUT2D eigenvalue weighted by Crippen LogP contribution is 2.33. The minimum Gasteiger partial charge on any atom is -0.486 e. The Morgan fingerprint density at radius 2 is 2.00 bits per heavy atom. The molecule has 1 unspecified atom stereocenters. The van der Waals surface area contributed by atoms with Gasteiger partial charge in [0.2, 0.25) is 11.8 Å². The predicted octanol–water partition coefficient (Wildman–Crippen LogP) is 0.845. The van der Waals surface area contributed by atoms with Gasteiger partial charge >= 0.3 is 0 Å². The van der Waals surface area contributed by atoms with Crippen molar-refractivity contribution in [2.75, 3.05) is 0 Å². The molecule has 1 aromatic rings. The second kappa shape index (κ2) is 6.35. The molecule has 0 radical (unpaired) electrons. The standard InChI is InChI=1S/C18H20FN3O4/c19-11-7-10-9(6-15(11)26-14-3-1-2-12(14)20)8-22(18(10)25)13-4-5-16(23)21-17(13)24/h6-7,12-14H,1-5,8,20H2,(H,21,23,24)/t12-,13?,14+/m1/s1. The minimum atomic E-state index is -0.719. The third-order valence-corrected chi connectivity index (χ3v) is 5.36. The first-order chi connectivity index (χ1) is 12.4. The summed E-state index contributed by atoms with van der Waals surface area (Å²) < 4.78 is 20.2. The summed E-state index contributed by atoms with van der Waals surface area (Å²) >= 11 is 0. The topological polar surface area (TPSA) is 102 Å². The molecule has 1 saturated carbocycles. The van der Waals surface area contributed by atoms with Crippen LogP contribution in [0.2, 0.25) is 0 Å². The number of piperidine rings is 1. The van der Waals surface area contributed by atoms with Crippen LogP contribution in [0.1, 0.15) is 48.0 Å². The second-order valence-corrected chi connectivity index (χ2v) is 7.09. The predicted molar refractivity (Wildman–Crippen MR) is 88.7 cm³/mol. The lowest BCUT2D eigenvalue weighted by Crippen LogP contribution is -2.52. The van der Waals surface area contributed by atoms with Gasteiger partial charge in [0.1, 0.15) is 12.1 Å². The molecule has 3 atom stereocenters. The van der Waals surface area contributed by atoms with Gasteiger partial charge in [-0.2, -0.15) is 0 Å². The second-order valence-electron chi connectivity index (χ2n) is 7.09. The van der Waals surface area contributed by atoms with Crippen molar-refractivity contribution in [2.24, 2.45) is 5.73 Å². The number of ether oxygens (including phenoxy) is 1. The maximum atomic E-state index is 14.4. The van der Waals surface area contributed by atoms with Crippen LogP contribution in [0.4, 0.5) is 4.39 Å². The Balaban J connectivity index is 1.56. The van der Waals surface area contributed by atoms with E-state index in [9.17, 15) is 18.8 Å². The number of carbonyl (C=O) groups excluding carboxylic acids is 3. The average Bonchev–Trinajstić information content (AvgIpc) is 3.13. The van der Waals surface area contributed by atoms with Gasteiger partial charge in [-0.05, 0) is 43.4 Å². The highest BCUT2D eigenvalue weighted by molar-refractivity contribution is 6.05. The number of imide groups is 1. The molecule has 2 fully saturated rings. The molecule has 8 heteroatoms. The van der Waals surface area contributed by atoms with Crippen molar-refractivity contribution >= 4 is 17.7 Å². The molecule has 1 aromatic carbocycles. The Morgan fingerprint density at radius 3 is 2.69 bits per heavy atom. The molecule has 1 aliphatic carbocycles. The van der Waals surface area contributed by atoms with Crippen LogP contribution in [0.15, 0.2) is 12.1 Å². The fourth-order valence-electron chi connectivity index (χ4n) is 3.92. The van der Waals surface area contributed by atoms with E-state index in [-0.39, 0.29) is 48.8 Å². The van der Waals surface area contributed by atoms with Crippen LogP contribution in [0.3, 0.4) is 0 Å². The Morgan fingerprint density at radius 1 is 1.19 bits per heavy atom. The number of hydrogen-bond acceptors (Lipinski definition) is 5. The zero-order valence-electron chi connectivity index (χ0n) is 14.2. The number of halogens is 1. The third-order valence-electron chi connectivity index (χ3n) is 5.36. The molecule has 1 saturated heterocycles.